The summed E-state index contributed by atoms with van der Waals surface area (Å²) in [7, 11) is 0. The van der Waals surface area contributed by atoms with Crippen molar-refractivity contribution in [2.45, 2.75) is 16.5 Å². The van der Waals surface area contributed by atoms with Gasteiger partial charge in [0.05, 0.1) is 5.25 Å². The standard InChI is InChI=1S/C11H11BrN4OS2/c1-6(9(13)17)18-11-16-15-10(19-11)14-8-4-2-3-7(12)5-8/h2-6H,1H3,(H2,13,17)(H,14,15). The average molecular weight is 359 g/mol. The molecular formula is C11H11BrN4OS2. The molecule has 0 aliphatic carbocycles. The molecule has 0 aliphatic rings. The third-order valence-electron chi connectivity index (χ3n) is 2.16. The van der Waals surface area contributed by atoms with Crippen LogP contribution in [0.4, 0.5) is 10.8 Å². The molecule has 1 unspecified atom stereocenters. The van der Waals surface area contributed by atoms with E-state index in [4.69, 9.17) is 5.73 Å². The largest absolute Gasteiger partial charge is 0.369 e. The molecule has 0 saturated heterocycles. The Hall–Kier alpha value is -1.12. The minimum atomic E-state index is -0.360. The molecule has 0 fully saturated rings. The summed E-state index contributed by atoms with van der Waals surface area (Å²) >= 11 is 6.09. The fourth-order valence-electron chi connectivity index (χ4n) is 1.21. The highest BCUT2D eigenvalue weighted by Gasteiger charge is 2.14. The lowest BCUT2D eigenvalue weighted by Crippen LogP contribution is -2.22. The van der Waals surface area contributed by atoms with Gasteiger partial charge in [-0.25, -0.2) is 0 Å². The van der Waals surface area contributed by atoms with Crippen LogP contribution in [0, 0.1) is 0 Å². The van der Waals surface area contributed by atoms with Crippen LogP contribution in [-0.4, -0.2) is 21.4 Å². The lowest BCUT2D eigenvalue weighted by atomic mass is 10.3. The first-order valence-electron chi connectivity index (χ1n) is 5.36. The zero-order valence-electron chi connectivity index (χ0n) is 9.96. The van der Waals surface area contributed by atoms with Gasteiger partial charge in [-0.05, 0) is 25.1 Å². The molecule has 8 heteroatoms. The number of aromatic nitrogens is 2. The molecule has 1 aromatic heterocycles. The van der Waals surface area contributed by atoms with Gasteiger partial charge < -0.3 is 11.1 Å². The highest BCUT2D eigenvalue weighted by atomic mass is 79.9. The number of hydrogen-bond acceptors (Lipinski definition) is 6. The van der Waals surface area contributed by atoms with Gasteiger partial charge >= 0.3 is 0 Å². The fraction of sp³-hybridized carbons (Fsp3) is 0.182. The number of benzene rings is 1. The number of primary amides is 1. The van der Waals surface area contributed by atoms with Crippen molar-refractivity contribution in [1.29, 1.82) is 0 Å². The lowest BCUT2D eigenvalue weighted by Gasteiger charge is -2.02. The van der Waals surface area contributed by atoms with Crippen molar-refractivity contribution >= 4 is 55.8 Å². The van der Waals surface area contributed by atoms with Crippen LogP contribution in [0.3, 0.4) is 0 Å². The van der Waals surface area contributed by atoms with Gasteiger partial charge in [0.2, 0.25) is 11.0 Å². The zero-order valence-corrected chi connectivity index (χ0v) is 13.2. The summed E-state index contributed by atoms with van der Waals surface area (Å²) in [6.45, 7) is 1.75. The van der Waals surface area contributed by atoms with Crippen molar-refractivity contribution in [1.82, 2.24) is 10.2 Å². The smallest absolute Gasteiger partial charge is 0.230 e. The normalized spacial score (nSPS) is 12.1. The minimum Gasteiger partial charge on any atom is -0.369 e. The lowest BCUT2D eigenvalue weighted by molar-refractivity contribution is -0.117. The molecule has 0 aliphatic heterocycles. The first-order chi connectivity index (χ1) is 9.04. The van der Waals surface area contributed by atoms with Crippen LogP contribution in [0.1, 0.15) is 6.92 Å². The van der Waals surface area contributed by atoms with E-state index in [2.05, 4.69) is 31.4 Å². The SMILES string of the molecule is CC(Sc1nnc(Nc2cccc(Br)c2)s1)C(N)=O. The first kappa shape index (κ1) is 14.3. The summed E-state index contributed by atoms with van der Waals surface area (Å²) in [5, 5.41) is 11.5. The summed E-state index contributed by atoms with van der Waals surface area (Å²) in [6, 6.07) is 7.75. The Morgan fingerprint density at radius 3 is 3.00 bits per heavy atom. The molecule has 1 atom stereocenters. The summed E-state index contributed by atoms with van der Waals surface area (Å²) in [6.07, 6.45) is 0. The topological polar surface area (TPSA) is 80.9 Å². The van der Waals surface area contributed by atoms with Gasteiger partial charge in [0.25, 0.3) is 0 Å². The van der Waals surface area contributed by atoms with E-state index in [0.29, 0.717) is 9.47 Å². The molecule has 3 N–H and O–H groups in total. The van der Waals surface area contributed by atoms with E-state index < -0.39 is 0 Å². The molecule has 0 radical (unpaired) electrons. The third kappa shape index (κ3) is 4.19. The Morgan fingerprint density at radius 1 is 1.53 bits per heavy atom. The molecule has 0 saturated carbocycles. The zero-order chi connectivity index (χ0) is 13.8. The maximum atomic E-state index is 11.0. The van der Waals surface area contributed by atoms with Gasteiger partial charge in [0.15, 0.2) is 4.34 Å². The number of thioether (sulfide) groups is 1. The van der Waals surface area contributed by atoms with E-state index in [1.54, 1.807) is 6.92 Å². The van der Waals surface area contributed by atoms with Crippen LogP contribution in [-0.2, 0) is 4.79 Å². The molecule has 100 valence electrons. The maximum Gasteiger partial charge on any atom is 0.230 e. The van der Waals surface area contributed by atoms with Gasteiger partial charge in [-0.2, -0.15) is 0 Å². The summed E-state index contributed by atoms with van der Waals surface area (Å²) in [4.78, 5) is 11.0. The molecule has 1 heterocycles. The van der Waals surface area contributed by atoms with Gasteiger partial charge in [-0.1, -0.05) is 45.1 Å². The van der Waals surface area contributed by atoms with Crippen LogP contribution >= 0.6 is 39.0 Å². The Labute approximate surface area is 127 Å². The monoisotopic (exact) mass is 358 g/mol. The highest BCUT2D eigenvalue weighted by molar-refractivity contribution is 9.10. The predicted octanol–water partition coefficient (Wildman–Crippen LogP) is 3.01. The number of nitrogens with zero attached hydrogens (tertiary/aromatic N) is 2. The van der Waals surface area contributed by atoms with Crippen LogP contribution in [0.5, 0.6) is 0 Å². The first-order valence-corrected chi connectivity index (χ1v) is 7.85. The Balaban J connectivity index is 2.03. The number of anilines is 2. The summed E-state index contributed by atoms with van der Waals surface area (Å²) < 4.78 is 1.70. The van der Waals surface area contributed by atoms with E-state index in [0.717, 1.165) is 10.2 Å². The summed E-state index contributed by atoms with van der Waals surface area (Å²) in [5.74, 6) is -0.360. The maximum absolute atomic E-state index is 11.0. The quantitative estimate of drug-likeness (QED) is 0.802. The molecule has 0 bridgehead atoms. The molecular weight excluding hydrogens is 348 g/mol. The van der Waals surface area contributed by atoms with Gasteiger partial charge in [-0.3, -0.25) is 4.79 Å². The number of carbonyl (C=O) groups excluding carboxylic acids is 1. The molecule has 1 amide bonds. The number of rotatable bonds is 5. The van der Waals surface area contributed by atoms with E-state index in [-0.39, 0.29) is 11.2 Å². The molecule has 2 rings (SSSR count). The number of nitrogens with one attached hydrogen (secondary N) is 1. The van der Waals surface area contributed by atoms with Crippen LogP contribution in [0.2, 0.25) is 0 Å². The number of carbonyl (C=O) groups is 1. The second kappa shape index (κ2) is 6.36. The molecule has 19 heavy (non-hydrogen) atoms. The van der Waals surface area contributed by atoms with Crippen molar-refractivity contribution in [3.05, 3.63) is 28.7 Å². The predicted molar refractivity (Wildman–Crippen MR) is 81.8 cm³/mol. The molecule has 0 spiro atoms. The van der Waals surface area contributed by atoms with Crippen molar-refractivity contribution in [3.8, 4) is 0 Å². The highest BCUT2D eigenvalue weighted by Crippen LogP contribution is 2.30. The van der Waals surface area contributed by atoms with Gasteiger partial charge in [-0.15, -0.1) is 10.2 Å². The van der Waals surface area contributed by atoms with E-state index in [1.165, 1.54) is 23.1 Å². The number of nitrogens with two attached hydrogens (primary N) is 1. The number of halogens is 1. The van der Waals surface area contributed by atoms with Crippen LogP contribution < -0.4 is 11.1 Å². The third-order valence-corrected chi connectivity index (χ3v) is 4.70. The second-order valence-electron chi connectivity index (χ2n) is 3.67. The Bertz CT molecular complexity index is 590. The Morgan fingerprint density at radius 2 is 2.32 bits per heavy atom. The molecule has 1 aromatic carbocycles. The second-order valence-corrected chi connectivity index (χ2v) is 7.15. The van der Waals surface area contributed by atoms with E-state index >= 15 is 0 Å². The van der Waals surface area contributed by atoms with E-state index in [1.807, 2.05) is 24.3 Å². The fourth-order valence-corrected chi connectivity index (χ4v) is 3.47. The summed E-state index contributed by atoms with van der Waals surface area (Å²) in [5.41, 5.74) is 6.13. The number of amides is 1. The van der Waals surface area contributed by atoms with Crippen LogP contribution in [0.15, 0.2) is 33.1 Å². The molecule has 2 aromatic rings. The van der Waals surface area contributed by atoms with Crippen molar-refractivity contribution in [2.24, 2.45) is 5.73 Å². The minimum absolute atomic E-state index is 0.313. The number of hydrogen-bond donors (Lipinski definition) is 2. The Kier molecular flexibility index (Phi) is 4.78. The van der Waals surface area contributed by atoms with Crippen LogP contribution in [0.25, 0.3) is 0 Å². The van der Waals surface area contributed by atoms with Crippen molar-refractivity contribution < 1.29 is 4.79 Å². The van der Waals surface area contributed by atoms with Gasteiger partial charge in [0.1, 0.15) is 0 Å². The van der Waals surface area contributed by atoms with Gasteiger partial charge in [0, 0.05) is 10.2 Å². The van der Waals surface area contributed by atoms with E-state index in [9.17, 15) is 4.79 Å². The molecule has 5 nitrogen and oxygen atoms in total. The van der Waals surface area contributed by atoms with Crippen molar-refractivity contribution in [2.75, 3.05) is 5.32 Å². The average Bonchev–Trinajstić information content (AvgIpc) is 2.76. The van der Waals surface area contributed by atoms with Crippen molar-refractivity contribution in [3.63, 3.8) is 0 Å².